The Labute approximate surface area is 364 Å². The smallest absolute Gasteiger partial charge is 0.284 e. The number of benzene rings is 3. The average molecular weight is 879 g/mol. The number of pyridine rings is 1. The standard InChI is InChI=1S/C44H43N7O13/c45-31-14-21(7-10-47-31)9-12-61-40-37(59)36(58)30(18-54)63-43(40)64-38-24(15-23-3-1-2-4-29(23)51-20-48-33-41(51)49-44(46)50-42(33)60)16-28-32(39(38)62-19-25(55)8-11-52)35(57)27-13-22(17-53)5-6-26(27)34(28)56/h1-7,10-11,13-14,16,25,30,36-37,40,43,53-55,58-59H,8-9,12,15,17-20H2,(H2,45,47)(H2,46,50,60)/p+1/t25-,30+,36+,37-,40+,43-/m1/s1. The lowest BCUT2D eigenvalue weighted by Gasteiger charge is -2.42. The van der Waals surface area contributed by atoms with Gasteiger partial charge >= 0.3 is 0 Å². The van der Waals surface area contributed by atoms with Crippen LogP contribution >= 0.6 is 0 Å². The van der Waals surface area contributed by atoms with Gasteiger partial charge in [0.15, 0.2) is 29.7 Å². The van der Waals surface area contributed by atoms with Gasteiger partial charge in [0.1, 0.15) is 48.8 Å². The fourth-order valence-electron chi connectivity index (χ4n) is 8.06. The number of aliphatic imine (C=N–C) groups is 2. The number of aliphatic hydroxyl groups is 5. The molecule has 1 amide bonds. The number of guanidine groups is 1. The van der Waals surface area contributed by atoms with E-state index in [1.807, 2.05) is 0 Å². The zero-order valence-electron chi connectivity index (χ0n) is 34.0. The third-order valence-corrected chi connectivity index (χ3v) is 11.2. The molecule has 0 bridgehead atoms. The summed E-state index contributed by atoms with van der Waals surface area (Å²) >= 11 is 0. The van der Waals surface area contributed by atoms with Crippen LogP contribution in [0.4, 0.5) is 11.5 Å². The number of aromatic nitrogens is 1. The second-order valence-electron chi connectivity index (χ2n) is 15.4. The number of fused-ring (bicyclic) bond motifs is 3. The lowest BCUT2D eigenvalue weighted by molar-refractivity contribution is -0.723. The molecule has 0 saturated carbocycles. The summed E-state index contributed by atoms with van der Waals surface area (Å²) < 4.78 is 25.1. The molecule has 3 aromatic carbocycles. The van der Waals surface area contributed by atoms with Gasteiger partial charge in [0, 0.05) is 46.9 Å². The number of carbonyl (C=O) groups excluding carboxylic acids is 4. The summed E-state index contributed by atoms with van der Waals surface area (Å²) in [6.07, 6.45) is -7.39. The summed E-state index contributed by atoms with van der Waals surface area (Å²) in [6, 6.07) is 16.2. The van der Waals surface area contributed by atoms with E-state index in [-0.39, 0.29) is 95.2 Å². The maximum absolute atomic E-state index is 14.7. The summed E-state index contributed by atoms with van der Waals surface area (Å²) in [5.41, 5.74) is 7.98. The van der Waals surface area contributed by atoms with Crippen molar-refractivity contribution in [3.05, 3.63) is 111 Å². The Kier molecular flexibility index (Phi) is 12.8. The molecule has 20 heteroatoms. The highest BCUT2D eigenvalue weighted by molar-refractivity contribution is 6.68. The third-order valence-electron chi connectivity index (χ3n) is 11.2. The molecule has 7 atom stereocenters. The number of nitrogens with one attached hydrogen (secondary N) is 3. The summed E-state index contributed by atoms with van der Waals surface area (Å²) in [7, 11) is 0. The number of rotatable bonds is 16. The molecule has 332 valence electrons. The van der Waals surface area contributed by atoms with Gasteiger partial charge < -0.3 is 55.0 Å². The van der Waals surface area contributed by atoms with Gasteiger partial charge in [0.25, 0.3) is 11.7 Å². The van der Waals surface area contributed by atoms with Crippen LogP contribution in [0, 0.1) is 5.41 Å². The Balaban J connectivity index is 1.28. The minimum absolute atomic E-state index is 0.0474. The predicted molar refractivity (Wildman–Crippen MR) is 224 cm³/mol. The van der Waals surface area contributed by atoms with Gasteiger partial charge in [-0.15, -0.1) is 0 Å². The first-order valence-electron chi connectivity index (χ1n) is 20.3. The van der Waals surface area contributed by atoms with Crippen molar-refractivity contribution in [3.63, 3.8) is 0 Å². The second kappa shape index (κ2) is 18.6. The van der Waals surface area contributed by atoms with E-state index in [9.17, 15) is 44.7 Å². The number of amides is 1. The van der Waals surface area contributed by atoms with Crippen LogP contribution in [0.25, 0.3) is 0 Å². The molecule has 4 aromatic rings. The number of hydrogen-bond donors (Lipinski definition) is 9. The molecule has 1 saturated heterocycles. The van der Waals surface area contributed by atoms with E-state index in [4.69, 9.17) is 30.1 Å². The number of para-hydroxylation sites is 1. The Bertz CT molecular complexity index is 2600. The molecule has 8 rings (SSSR count). The molecule has 1 aliphatic carbocycles. The molecule has 3 aliphatic heterocycles. The van der Waals surface area contributed by atoms with Crippen LogP contribution in [0.1, 0.15) is 60.5 Å². The highest BCUT2D eigenvalue weighted by atomic mass is 16.7. The van der Waals surface area contributed by atoms with E-state index >= 15 is 0 Å². The number of aliphatic hydroxyl groups excluding tert-OH is 5. The van der Waals surface area contributed by atoms with Crippen molar-refractivity contribution in [3.8, 4) is 11.5 Å². The molecular formula is C44H44N7O13+. The van der Waals surface area contributed by atoms with Crippen molar-refractivity contribution < 1.29 is 68.6 Å². The number of ketones is 2. The van der Waals surface area contributed by atoms with Gasteiger partial charge in [-0.2, -0.15) is 4.99 Å². The number of nitrogen functional groups attached to an aromatic ring is 1. The summed E-state index contributed by atoms with van der Waals surface area (Å²) in [6.45, 7) is -1.78. The maximum atomic E-state index is 14.7. The minimum atomic E-state index is -1.70. The first-order chi connectivity index (χ1) is 30.9. The second-order valence-corrected chi connectivity index (χ2v) is 15.4. The van der Waals surface area contributed by atoms with Crippen LogP contribution in [0.2, 0.25) is 0 Å². The normalized spacial score (nSPS) is 23.0. The molecular weight excluding hydrogens is 835 g/mol. The van der Waals surface area contributed by atoms with Crippen LogP contribution in [0.15, 0.2) is 76.8 Å². The van der Waals surface area contributed by atoms with Crippen LogP contribution < -0.4 is 25.4 Å². The highest BCUT2D eigenvalue weighted by Crippen LogP contribution is 2.45. The molecule has 1 aromatic heterocycles. The van der Waals surface area contributed by atoms with Gasteiger partial charge in [0.05, 0.1) is 31.5 Å². The summed E-state index contributed by atoms with van der Waals surface area (Å²) in [4.78, 5) is 66.5. The zero-order chi connectivity index (χ0) is 45.2. The number of nitrogens with zero attached hydrogens (tertiary/aromatic N) is 3. The van der Waals surface area contributed by atoms with Crippen molar-refractivity contribution in [2.45, 2.75) is 62.7 Å². The van der Waals surface area contributed by atoms with E-state index in [1.165, 1.54) is 30.5 Å². The Morgan fingerprint density at radius 2 is 1.78 bits per heavy atom. The largest absolute Gasteiger partial charge is 0.486 e. The van der Waals surface area contributed by atoms with Gasteiger partial charge in [-0.05, 0) is 53.9 Å². The first-order valence-corrected chi connectivity index (χ1v) is 20.3. The number of hydrogen-bond acceptors (Lipinski definition) is 17. The topological polar surface area (TPSA) is 310 Å². The van der Waals surface area contributed by atoms with Gasteiger partial charge in [-0.1, -0.05) is 24.3 Å². The third kappa shape index (κ3) is 8.55. The van der Waals surface area contributed by atoms with Gasteiger partial charge in [-0.3, -0.25) is 25.1 Å². The van der Waals surface area contributed by atoms with Crippen LogP contribution in [0.3, 0.4) is 0 Å². The van der Waals surface area contributed by atoms with E-state index < -0.39 is 74.1 Å². The summed E-state index contributed by atoms with van der Waals surface area (Å²) in [5.74, 6) is -2.30. The first kappa shape index (κ1) is 44.0. The molecule has 0 radical (unpaired) electrons. The lowest BCUT2D eigenvalue weighted by atomic mass is 9.81. The number of ether oxygens (including phenoxy) is 4. The van der Waals surface area contributed by atoms with Crippen LogP contribution in [-0.4, -0.2) is 135 Å². The van der Waals surface area contributed by atoms with Crippen LogP contribution in [-0.2, 0) is 38.5 Å². The number of anilines is 1. The Morgan fingerprint density at radius 3 is 2.55 bits per heavy atom. The molecule has 1 fully saturated rings. The SMILES string of the molecule is N=C1N=C2C(=NC[NH+]2c2ccccc2Cc2cc3c(c(OC[C@H](O)CC=O)c2O[C@H]2O[C@@H](CO)[C@H](O)[C@@H](O)[C@@H]2OCCc2ccnc(N)c2)C(=O)c2cc(CO)ccc2C3=O)C(=O)N1. The molecule has 20 nitrogen and oxygen atoms in total. The summed E-state index contributed by atoms with van der Waals surface area (Å²) in [5, 5.41) is 63.9. The maximum Gasteiger partial charge on any atom is 0.284 e. The quantitative estimate of drug-likeness (QED) is 0.0520. The van der Waals surface area contributed by atoms with Crippen molar-refractivity contribution in [1.29, 1.82) is 5.41 Å². The van der Waals surface area contributed by atoms with Gasteiger partial charge in [-0.25, -0.2) is 14.9 Å². The van der Waals surface area contributed by atoms with E-state index in [1.54, 1.807) is 36.4 Å². The Hall–Kier alpha value is -6.62. The highest BCUT2D eigenvalue weighted by Gasteiger charge is 2.48. The number of amidine groups is 1. The van der Waals surface area contributed by atoms with Crippen LogP contribution in [0.5, 0.6) is 11.5 Å². The fraction of sp³-hybridized carbons (Fsp3) is 0.318. The van der Waals surface area contributed by atoms with Gasteiger partial charge in [0.2, 0.25) is 18.0 Å². The minimum Gasteiger partial charge on any atom is -0.486 e. The van der Waals surface area contributed by atoms with Crippen molar-refractivity contribution in [1.82, 2.24) is 10.3 Å². The fourth-order valence-corrected chi connectivity index (χ4v) is 8.06. The van der Waals surface area contributed by atoms with E-state index in [0.29, 0.717) is 28.0 Å². The van der Waals surface area contributed by atoms with Crippen molar-refractivity contribution in [2.75, 3.05) is 32.2 Å². The molecule has 1 unspecified atom stereocenters. The zero-order valence-corrected chi connectivity index (χ0v) is 34.0. The average Bonchev–Trinajstić information content (AvgIpc) is 3.71. The number of quaternary nitrogens is 1. The molecule has 64 heavy (non-hydrogen) atoms. The lowest BCUT2D eigenvalue weighted by Crippen LogP contribution is -3.09. The van der Waals surface area contributed by atoms with Crippen molar-refractivity contribution in [2.24, 2.45) is 9.98 Å². The number of carbonyl (C=O) groups is 4. The number of aldehydes is 1. The molecule has 10 N–H and O–H groups in total. The molecule has 0 spiro atoms. The van der Waals surface area contributed by atoms with E-state index in [0.717, 1.165) is 5.56 Å². The molecule has 4 heterocycles. The molecule has 4 aliphatic rings. The van der Waals surface area contributed by atoms with Crippen molar-refractivity contribution >= 4 is 52.8 Å². The Morgan fingerprint density at radius 1 is 0.969 bits per heavy atom. The predicted octanol–water partition coefficient (Wildman–Crippen LogP) is -1.31. The number of nitrogens with two attached hydrogens (primary N) is 1. The monoisotopic (exact) mass is 878 g/mol. The van der Waals surface area contributed by atoms with E-state index in [2.05, 4.69) is 20.3 Å².